The SMILES string of the molecule is CC(C)(C)c1ccc(NC(=O)Nc2ccc(-c3cn4c(n3)sc3cc(OCCN5CCOCC5)ccc34)cc2)cc1. The highest BCUT2D eigenvalue weighted by Gasteiger charge is 2.15. The zero-order valence-corrected chi connectivity index (χ0v) is 24.5. The van der Waals surface area contributed by atoms with Crippen LogP contribution in [0.1, 0.15) is 26.3 Å². The third kappa shape index (κ3) is 6.37. The van der Waals surface area contributed by atoms with Crippen molar-refractivity contribution in [2.45, 2.75) is 26.2 Å². The Morgan fingerprint density at radius 2 is 1.66 bits per heavy atom. The number of carbonyl (C=O) groups excluding carboxylic acids is 1. The number of ether oxygens (including phenoxy) is 2. The van der Waals surface area contributed by atoms with Crippen LogP contribution < -0.4 is 15.4 Å². The van der Waals surface area contributed by atoms with E-state index in [1.54, 1.807) is 11.3 Å². The second kappa shape index (κ2) is 11.5. The summed E-state index contributed by atoms with van der Waals surface area (Å²) in [5, 5.41) is 5.80. The number of urea groups is 1. The highest BCUT2D eigenvalue weighted by Crippen LogP contribution is 2.32. The van der Waals surface area contributed by atoms with Crippen molar-refractivity contribution in [1.29, 1.82) is 0 Å². The van der Waals surface area contributed by atoms with Crippen LogP contribution in [0.2, 0.25) is 0 Å². The largest absolute Gasteiger partial charge is 0.492 e. The number of aromatic nitrogens is 2. The molecule has 0 spiro atoms. The van der Waals surface area contributed by atoms with Crippen LogP contribution >= 0.6 is 11.3 Å². The van der Waals surface area contributed by atoms with Gasteiger partial charge in [-0.2, -0.15) is 0 Å². The fourth-order valence-electron chi connectivity index (χ4n) is 4.90. The zero-order valence-electron chi connectivity index (χ0n) is 23.6. The molecule has 1 saturated heterocycles. The van der Waals surface area contributed by atoms with Crippen molar-refractivity contribution in [3.05, 3.63) is 78.5 Å². The van der Waals surface area contributed by atoms with Crippen molar-refractivity contribution in [2.24, 2.45) is 0 Å². The number of nitrogens with zero attached hydrogens (tertiary/aromatic N) is 3. The Balaban J connectivity index is 1.07. The number of fused-ring (bicyclic) bond motifs is 3. The number of hydrogen-bond acceptors (Lipinski definition) is 6. The third-order valence-corrected chi connectivity index (χ3v) is 8.31. The van der Waals surface area contributed by atoms with Gasteiger partial charge in [-0.25, -0.2) is 9.78 Å². The monoisotopic (exact) mass is 569 g/mol. The van der Waals surface area contributed by atoms with E-state index in [4.69, 9.17) is 14.5 Å². The summed E-state index contributed by atoms with van der Waals surface area (Å²) in [7, 11) is 0. The minimum absolute atomic E-state index is 0.0710. The predicted molar refractivity (Wildman–Crippen MR) is 167 cm³/mol. The van der Waals surface area contributed by atoms with E-state index in [2.05, 4.69) is 59.0 Å². The van der Waals surface area contributed by atoms with Crippen molar-refractivity contribution < 1.29 is 14.3 Å². The molecule has 1 aliphatic heterocycles. The molecule has 1 aliphatic rings. The number of anilines is 2. The summed E-state index contributed by atoms with van der Waals surface area (Å²) in [6, 6.07) is 21.6. The topological polar surface area (TPSA) is 80.1 Å². The van der Waals surface area contributed by atoms with Crippen molar-refractivity contribution in [3.8, 4) is 17.0 Å². The van der Waals surface area contributed by atoms with Crippen LogP contribution in [-0.2, 0) is 10.2 Å². The number of hydrogen-bond donors (Lipinski definition) is 2. The molecule has 3 heterocycles. The number of carbonyl (C=O) groups is 1. The Kier molecular flexibility index (Phi) is 7.66. The Morgan fingerprint density at radius 3 is 2.34 bits per heavy atom. The summed E-state index contributed by atoms with van der Waals surface area (Å²) in [5.41, 5.74) is 5.74. The van der Waals surface area contributed by atoms with Gasteiger partial charge in [0.25, 0.3) is 0 Å². The van der Waals surface area contributed by atoms with Crippen LogP contribution in [0, 0.1) is 0 Å². The molecular weight excluding hydrogens is 534 g/mol. The molecule has 6 rings (SSSR count). The van der Waals surface area contributed by atoms with Gasteiger partial charge < -0.3 is 20.1 Å². The molecule has 2 amide bonds. The van der Waals surface area contributed by atoms with Crippen LogP contribution in [0.5, 0.6) is 5.75 Å². The molecule has 1 fully saturated rings. The van der Waals surface area contributed by atoms with Crippen LogP contribution in [-0.4, -0.2) is 59.8 Å². The lowest BCUT2D eigenvalue weighted by molar-refractivity contribution is 0.0322. The quantitative estimate of drug-likeness (QED) is 0.224. The van der Waals surface area contributed by atoms with E-state index in [-0.39, 0.29) is 11.4 Å². The first kappa shape index (κ1) is 27.3. The second-order valence-electron chi connectivity index (χ2n) is 11.3. The van der Waals surface area contributed by atoms with Gasteiger partial charge in [-0.1, -0.05) is 56.4 Å². The summed E-state index contributed by atoms with van der Waals surface area (Å²) < 4.78 is 14.7. The van der Waals surface area contributed by atoms with Gasteiger partial charge in [-0.05, 0) is 53.4 Å². The van der Waals surface area contributed by atoms with Gasteiger partial charge >= 0.3 is 6.03 Å². The highest BCUT2D eigenvalue weighted by molar-refractivity contribution is 7.23. The van der Waals surface area contributed by atoms with Gasteiger partial charge in [0.05, 0.1) is 29.1 Å². The number of rotatable bonds is 7. The Labute approximate surface area is 243 Å². The van der Waals surface area contributed by atoms with E-state index in [1.165, 1.54) is 5.56 Å². The summed E-state index contributed by atoms with van der Waals surface area (Å²) in [6.45, 7) is 11.6. The molecule has 5 aromatic rings. The molecule has 41 heavy (non-hydrogen) atoms. The normalized spacial score (nSPS) is 14.4. The number of nitrogens with one attached hydrogen (secondary N) is 2. The number of morpholine rings is 1. The first-order valence-corrected chi connectivity index (χ1v) is 14.8. The summed E-state index contributed by atoms with van der Waals surface area (Å²) in [6.07, 6.45) is 2.06. The standard InChI is InChI=1S/C32H35N5O3S/c1-32(2,3)23-6-10-25(11-7-23)34-30(38)33-24-8-4-22(5-9-24)27-21-37-28-13-12-26(20-29(28)41-31(37)35-27)40-19-16-36-14-17-39-18-15-36/h4-13,20-21H,14-19H2,1-3H3,(H2,33,34,38). The van der Waals surface area contributed by atoms with Gasteiger partial charge in [-0.15, -0.1) is 0 Å². The van der Waals surface area contributed by atoms with Crippen LogP contribution in [0.3, 0.4) is 0 Å². The summed E-state index contributed by atoms with van der Waals surface area (Å²) in [5.74, 6) is 0.879. The maximum atomic E-state index is 12.5. The van der Waals surface area contributed by atoms with E-state index < -0.39 is 0 Å². The molecule has 2 aromatic heterocycles. The van der Waals surface area contributed by atoms with Gasteiger partial charge in [0.15, 0.2) is 4.96 Å². The first-order valence-electron chi connectivity index (χ1n) is 14.0. The van der Waals surface area contributed by atoms with Gasteiger partial charge in [-0.3, -0.25) is 9.30 Å². The van der Waals surface area contributed by atoms with Crippen molar-refractivity contribution >= 4 is 43.9 Å². The fraction of sp³-hybridized carbons (Fsp3) is 0.312. The van der Waals surface area contributed by atoms with Crippen LogP contribution in [0.15, 0.2) is 72.9 Å². The van der Waals surface area contributed by atoms with Crippen molar-refractivity contribution in [3.63, 3.8) is 0 Å². The average Bonchev–Trinajstić information content (AvgIpc) is 3.52. The summed E-state index contributed by atoms with van der Waals surface area (Å²) in [4.78, 5) is 20.7. The predicted octanol–water partition coefficient (Wildman–Crippen LogP) is 6.87. The molecule has 0 radical (unpaired) electrons. The molecule has 3 aromatic carbocycles. The van der Waals surface area contributed by atoms with Gasteiger partial charge in [0.1, 0.15) is 12.4 Å². The molecule has 9 heteroatoms. The van der Waals surface area contributed by atoms with Crippen molar-refractivity contribution in [2.75, 3.05) is 50.1 Å². The Bertz CT molecular complexity index is 1650. The van der Waals surface area contributed by atoms with Crippen molar-refractivity contribution in [1.82, 2.24) is 14.3 Å². The van der Waals surface area contributed by atoms with E-state index >= 15 is 0 Å². The maximum Gasteiger partial charge on any atom is 0.323 e. The Hall–Kier alpha value is -3.92. The Morgan fingerprint density at radius 1 is 0.976 bits per heavy atom. The molecule has 8 nitrogen and oxygen atoms in total. The van der Waals surface area contributed by atoms with Crippen LogP contribution in [0.4, 0.5) is 16.2 Å². The third-order valence-electron chi connectivity index (χ3n) is 7.29. The first-order chi connectivity index (χ1) is 19.8. The molecular formula is C32H35N5O3S. The lowest BCUT2D eigenvalue weighted by Crippen LogP contribution is -2.38. The second-order valence-corrected chi connectivity index (χ2v) is 12.3. The lowest BCUT2D eigenvalue weighted by Gasteiger charge is -2.26. The molecule has 0 aliphatic carbocycles. The minimum Gasteiger partial charge on any atom is -0.492 e. The number of amides is 2. The lowest BCUT2D eigenvalue weighted by atomic mass is 9.87. The zero-order chi connectivity index (χ0) is 28.4. The minimum atomic E-state index is -0.278. The molecule has 0 unspecified atom stereocenters. The smallest absolute Gasteiger partial charge is 0.323 e. The molecule has 0 bridgehead atoms. The van der Waals surface area contributed by atoms with E-state index in [0.29, 0.717) is 12.3 Å². The van der Waals surface area contributed by atoms with E-state index in [1.807, 2.05) is 54.6 Å². The number of imidazole rings is 1. The van der Waals surface area contributed by atoms with Crippen LogP contribution in [0.25, 0.3) is 26.4 Å². The molecule has 212 valence electrons. The van der Waals surface area contributed by atoms with Gasteiger partial charge in [0, 0.05) is 42.8 Å². The fourth-order valence-corrected chi connectivity index (χ4v) is 5.94. The number of benzene rings is 3. The van der Waals surface area contributed by atoms with Gasteiger partial charge in [0.2, 0.25) is 0 Å². The summed E-state index contributed by atoms with van der Waals surface area (Å²) >= 11 is 1.65. The maximum absolute atomic E-state index is 12.5. The molecule has 2 N–H and O–H groups in total. The molecule has 0 saturated carbocycles. The number of thiazole rings is 1. The van der Waals surface area contributed by atoms with E-state index in [0.717, 1.165) is 70.7 Å². The molecule has 0 atom stereocenters. The highest BCUT2D eigenvalue weighted by atomic mass is 32.1. The van der Waals surface area contributed by atoms with E-state index in [9.17, 15) is 4.79 Å². The average molecular weight is 570 g/mol.